The first kappa shape index (κ1) is 14.1. The van der Waals surface area contributed by atoms with Crippen molar-refractivity contribution in [3.63, 3.8) is 0 Å². The van der Waals surface area contributed by atoms with Crippen LogP contribution in [-0.2, 0) is 0 Å². The van der Waals surface area contributed by atoms with Gasteiger partial charge in [-0.05, 0) is 6.07 Å². The van der Waals surface area contributed by atoms with Gasteiger partial charge in [-0.25, -0.2) is 5.43 Å². The number of hydrogen-bond donors (Lipinski definition) is 4. The van der Waals surface area contributed by atoms with E-state index in [0.29, 0.717) is 0 Å². The quantitative estimate of drug-likeness (QED) is 0.297. The highest BCUT2D eigenvalue weighted by Gasteiger charge is 1.92. The summed E-state index contributed by atoms with van der Waals surface area (Å²) in [4.78, 5) is 7.71. The summed E-state index contributed by atoms with van der Waals surface area (Å²) < 4.78 is 0. The third-order valence-electron chi connectivity index (χ3n) is 1.79. The predicted molar refractivity (Wildman–Crippen MR) is 75.9 cm³/mol. The molecule has 0 saturated carbocycles. The van der Waals surface area contributed by atoms with Crippen molar-refractivity contribution in [3.05, 3.63) is 29.6 Å². The Morgan fingerprint density at radius 2 is 1.89 bits per heavy atom. The standard InChI is InChI=1S/C10H15N9/c1-14-10(13)19-17-6-8-2-7(3-15-4-8)5-16-18-9(11)12/h2-6H,1H3,(H4,11,12,18)(H3,13,14,19)/b16-5+,17-6+. The fourth-order valence-corrected chi connectivity index (χ4v) is 1.00. The third-order valence-corrected chi connectivity index (χ3v) is 1.79. The molecule has 1 aromatic rings. The highest BCUT2D eigenvalue weighted by Crippen LogP contribution is 1.97. The molecule has 7 N–H and O–H groups in total. The average molecular weight is 261 g/mol. The molecule has 19 heavy (non-hydrogen) atoms. The second kappa shape index (κ2) is 7.37. The minimum absolute atomic E-state index is 0.111. The van der Waals surface area contributed by atoms with E-state index in [0.717, 1.165) is 11.1 Å². The van der Waals surface area contributed by atoms with Crippen LogP contribution in [0.15, 0.2) is 38.8 Å². The Labute approximate surface area is 110 Å². The van der Waals surface area contributed by atoms with E-state index in [1.807, 2.05) is 0 Å². The zero-order valence-corrected chi connectivity index (χ0v) is 10.4. The summed E-state index contributed by atoms with van der Waals surface area (Å²) in [6.07, 6.45) is 6.25. The molecule has 1 heterocycles. The highest BCUT2D eigenvalue weighted by molar-refractivity contribution is 5.86. The van der Waals surface area contributed by atoms with Crippen LogP contribution >= 0.6 is 0 Å². The molecule has 0 spiro atoms. The molecule has 0 aliphatic rings. The fraction of sp³-hybridized carbons (Fsp3) is 0.100. The van der Waals surface area contributed by atoms with Gasteiger partial charge in [0.25, 0.3) is 0 Å². The molecule has 1 aromatic heterocycles. The summed E-state index contributed by atoms with van der Waals surface area (Å²) in [5, 5.41) is 11.0. The number of aliphatic imine (C=N–C) groups is 1. The van der Waals surface area contributed by atoms with Crippen molar-refractivity contribution in [1.82, 2.24) is 10.4 Å². The normalized spacial score (nSPS) is 11.9. The van der Waals surface area contributed by atoms with E-state index in [2.05, 4.69) is 30.7 Å². The maximum absolute atomic E-state index is 5.41. The number of pyridine rings is 1. The van der Waals surface area contributed by atoms with Gasteiger partial charge in [-0.15, -0.1) is 5.10 Å². The van der Waals surface area contributed by atoms with Gasteiger partial charge in [0.2, 0.25) is 11.9 Å². The van der Waals surface area contributed by atoms with E-state index in [1.165, 1.54) is 6.21 Å². The maximum atomic E-state index is 5.41. The fourth-order valence-electron chi connectivity index (χ4n) is 1.00. The Balaban J connectivity index is 2.72. The lowest BCUT2D eigenvalue weighted by molar-refractivity contribution is 1.01. The number of nitrogens with zero attached hydrogens (tertiary/aromatic N) is 5. The molecule has 9 heteroatoms. The van der Waals surface area contributed by atoms with E-state index < -0.39 is 0 Å². The number of guanidine groups is 2. The molecule has 0 aliphatic heterocycles. The van der Waals surface area contributed by atoms with E-state index >= 15 is 0 Å². The molecule has 1 rings (SSSR count). The number of nitrogens with one attached hydrogen (secondary N) is 1. The summed E-state index contributed by atoms with van der Waals surface area (Å²) in [7, 11) is 1.56. The van der Waals surface area contributed by atoms with Crippen LogP contribution in [0.4, 0.5) is 0 Å². The Bertz CT molecular complexity index is 526. The minimum atomic E-state index is -0.111. The molecule has 100 valence electrons. The second-order valence-electron chi connectivity index (χ2n) is 3.30. The first-order chi connectivity index (χ1) is 9.11. The topological polar surface area (TPSA) is 152 Å². The summed E-state index contributed by atoms with van der Waals surface area (Å²) in [5.41, 5.74) is 19.7. The second-order valence-corrected chi connectivity index (χ2v) is 3.30. The Kier molecular flexibility index (Phi) is 5.47. The summed E-state index contributed by atoms with van der Waals surface area (Å²) in [6, 6.07) is 1.79. The van der Waals surface area contributed by atoms with Gasteiger partial charge in [0.05, 0.1) is 12.4 Å². The number of aromatic nitrogens is 1. The van der Waals surface area contributed by atoms with Crippen molar-refractivity contribution in [2.75, 3.05) is 7.05 Å². The molecular weight excluding hydrogens is 246 g/mol. The molecular formula is C10H15N9. The van der Waals surface area contributed by atoms with Gasteiger partial charge in [0, 0.05) is 30.6 Å². The van der Waals surface area contributed by atoms with E-state index in [9.17, 15) is 0 Å². The Hall–Kier alpha value is -2.97. The van der Waals surface area contributed by atoms with Gasteiger partial charge in [-0.3, -0.25) is 9.98 Å². The SMILES string of the molecule is CN=C(N)N/N=C/c1cncc(/C=N/N=C(N)N)c1. The van der Waals surface area contributed by atoms with E-state index in [-0.39, 0.29) is 11.9 Å². The minimum Gasteiger partial charge on any atom is -0.369 e. The van der Waals surface area contributed by atoms with Gasteiger partial charge < -0.3 is 17.2 Å². The smallest absolute Gasteiger partial charge is 0.211 e. The van der Waals surface area contributed by atoms with Crippen molar-refractivity contribution < 1.29 is 0 Å². The molecule has 0 aromatic carbocycles. The van der Waals surface area contributed by atoms with Crippen LogP contribution < -0.4 is 22.6 Å². The van der Waals surface area contributed by atoms with E-state index in [4.69, 9.17) is 17.2 Å². The molecule has 0 radical (unpaired) electrons. The molecule has 0 amide bonds. The first-order valence-electron chi connectivity index (χ1n) is 5.20. The molecule has 0 atom stereocenters. The van der Waals surface area contributed by atoms with Crippen molar-refractivity contribution >= 4 is 24.3 Å². The van der Waals surface area contributed by atoms with Gasteiger partial charge in [0.1, 0.15) is 0 Å². The van der Waals surface area contributed by atoms with Crippen LogP contribution in [-0.4, -0.2) is 36.4 Å². The van der Waals surface area contributed by atoms with Gasteiger partial charge in [-0.2, -0.15) is 10.2 Å². The zero-order chi connectivity index (χ0) is 14.1. The molecule has 0 bridgehead atoms. The molecule has 0 aliphatic carbocycles. The van der Waals surface area contributed by atoms with E-state index in [1.54, 1.807) is 31.7 Å². The third kappa shape index (κ3) is 5.77. The number of rotatable bonds is 4. The first-order valence-corrected chi connectivity index (χ1v) is 5.20. The van der Waals surface area contributed by atoms with Crippen molar-refractivity contribution in [2.45, 2.75) is 0 Å². The molecule has 0 fully saturated rings. The monoisotopic (exact) mass is 261 g/mol. The van der Waals surface area contributed by atoms with Crippen LogP contribution in [0.3, 0.4) is 0 Å². The lowest BCUT2D eigenvalue weighted by Crippen LogP contribution is -2.26. The van der Waals surface area contributed by atoms with Crippen LogP contribution in [0.2, 0.25) is 0 Å². The number of hydrazone groups is 1. The highest BCUT2D eigenvalue weighted by atomic mass is 15.3. The van der Waals surface area contributed by atoms with Gasteiger partial charge in [0.15, 0.2) is 0 Å². The number of hydrogen-bond acceptors (Lipinski definition) is 5. The summed E-state index contributed by atoms with van der Waals surface area (Å²) in [6.45, 7) is 0. The largest absolute Gasteiger partial charge is 0.369 e. The Morgan fingerprint density at radius 1 is 1.21 bits per heavy atom. The lowest BCUT2D eigenvalue weighted by atomic mass is 10.2. The van der Waals surface area contributed by atoms with Crippen LogP contribution in [0, 0.1) is 0 Å². The summed E-state index contributed by atoms with van der Waals surface area (Å²) in [5.74, 6) is 0.107. The van der Waals surface area contributed by atoms with Crippen molar-refractivity contribution in [1.29, 1.82) is 0 Å². The van der Waals surface area contributed by atoms with Crippen LogP contribution in [0.25, 0.3) is 0 Å². The van der Waals surface area contributed by atoms with Gasteiger partial charge >= 0.3 is 0 Å². The summed E-state index contributed by atoms with van der Waals surface area (Å²) >= 11 is 0. The van der Waals surface area contributed by atoms with Crippen molar-refractivity contribution in [3.8, 4) is 0 Å². The van der Waals surface area contributed by atoms with Gasteiger partial charge in [-0.1, -0.05) is 0 Å². The molecule has 0 saturated heterocycles. The zero-order valence-electron chi connectivity index (χ0n) is 10.4. The van der Waals surface area contributed by atoms with Crippen LogP contribution in [0.1, 0.15) is 11.1 Å². The molecule has 9 nitrogen and oxygen atoms in total. The maximum Gasteiger partial charge on any atom is 0.211 e. The predicted octanol–water partition coefficient (Wildman–Crippen LogP) is -1.44. The molecule has 0 unspecified atom stereocenters. The lowest BCUT2D eigenvalue weighted by Gasteiger charge is -1.97. The average Bonchev–Trinajstić information content (AvgIpc) is 2.38. The van der Waals surface area contributed by atoms with Crippen molar-refractivity contribution in [2.24, 2.45) is 37.5 Å². The van der Waals surface area contributed by atoms with Crippen LogP contribution in [0.5, 0.6) is 0 Å². The Morgan fingerprint density at radius 3 is 2.53 bits per heavy atom. The number of nitrogens with two attached hydrogens (primary N) is 3.